The SMILES string of the molecule is Cc1ccc(-c2nn(Cc3ccccc3)cc2/C=N\NC(=O)c2ccc[nH]2)cc1. The maximum absolute atomic E-state index is 12.1. The van der Waals surface area contributed by atoms with Crippen molar-refractivity contribution in [2.75, 3.05) is 0 Å². The Hall–Kier alpha value is -3.93. The molecule has 29 heavy (non-hydrogen) atoms. The van der Waals surface area contributed by atoms with Crippen LogP contribution in [0.1, 0.15) is 27.2 Å². The molecule has 0 saturated carbocycles. The van der Waals surface area contributed by atoms with E-state index in [2.05, 4.69) is 46.7 Å². The highest BCUT2D eigenvalue weighted by molar-refractivity contribution is 5.94. The Morgan fingerprint density at radius 3 is 2.62 bits per heavy atom. The van der Waals surface area contributed by atoms with Crippen LogP contribution in [0.4, 0.5) is 0 Å². The van der Waals surface area contributed by atoms with E-state index < -0.39 is 0 Å². The number of amides is 1. The Balaban J connectivity index is 1.60. The molecule has 6 nitrogen and oxygen atoms in total. The first-order valence-electron chi connectivity index (χ1n) is 9.34. The molecule has 0 aliphatic heterocycles. The molecule has 0 saturated heterocycles. The number of benzene rings is 2. The third kappa shape index (κ3) is 4.50. The lowest BCUT2D eigenvalue weighted by atomic mass is 10.1. The fourth-order valence-corrected chi connectivity index (χ4v) is 3.01. The molecule has 2 N–H and O–H groups in total. The molecular weight excluding hydrogens is 362 g/mol. The Morgan fingerprint density at radius 2 is 1.90 bits per heavy atom. The van der Waals surface area contributed by atoms with Gasteiger partial charge in [0.1, 0.15) is 11.4 Å². The Labute approximate surface area is 168 Å². The molecule has 4 aromatic rings. The van der Waals surface area contributed by atoms with Crippen LogP contribution in [-0.4, -0.2) is 26.9 Å². The number of hydrogen-bond acceptors (Lipinski definition) is 3. The van der Waals surface area contributed by atoms with Crippen molar-refractivity contribution in [1.29, 1.82) is 0 Å². The molecule has 0 aliphatic rings. The van der Waals surface area contributed by atoms with Gasteiger partial charge in [-0.15, -0.1) is 0 Å². The lowest BCUT2D eigenvalue weighted by molar-refractivity contribution is 0.0951. The second-order valence-corrected chi connectivity index (χ2v) is 6.77. The zero-order valence-corrected chi connectivity index (χ0v) is 16.0. The molecule has 2 aromatic carbocycles. The van der Waals surface area contributed by atoms with Crippen molar-refractivity contribution in [3.8, 4) is 11.3 Å². The lowest BCUT2D eigenvalue weighted by Gasteiger charge is -2.02. The van der Waals surface area contributed by atoms with Crippen molar-refractivity contribution >= 4 is 12.1 Å². The molecule has 0 aliphatic carbocycles. The van der Waals surface area contributed by atoms with E-state index in [9.17, 15) is 4.79 Å². The number of carbonyl (C=O) groups is 1. The maximum Gasteiger partial charge on any atom is 0.287 e. The van der Waals surface area contributed by atoms with Crippen LogP contribution in [0, 0.1) is 6.92 Å². The van der Waals surface area contributed by atoms with Crippen molar-refractivity contribution in [3.63, 3.8) is 0 Å². The van der Waals surface area contributed by atoms with E-state index in [1.807, 2.05) is 41.2 Å². The fraction of sp³-hybridized carbons (Fsp3) is 0.0870. The number of carbonyl (C=O) groups excluding carboxylic acids is 1. The van der Waals surface area contributed by atoms with Gasteiger partial charge in [-0.25, -0.2) is 5.43 Å². The highest BCUT2D eigenvalue weighted by atomic mass is 16.2. The molecule has 0 atom stereocenters. The Kier molecular flexibility index (Phi) is 5.33. The standard InChI is InChI=1S/C23H21N5O/c1-17-9-11-19(12-10-17)22-20(14-25-26-23(29)21-8-5-13-24-21)16-28(27-22)15-18-6-3-2-4-7-18/h2-14,16,24H,15H2,1H3,(H,26,29)/b25-14-. The minimum atomic E-state index is -0.292. The van der Waals surface area contributed by atoms with Crippen molar-refractivity contribution in [1.82, 2.24) is 20.2 Å². The topological polar surface area (TPSA) is 75.1 Å². The summed E-state index contributed by atoms with van der Waals surface area (Å²) in [6.07, 6.45) is 5.26. The second kappa shape index (κ2) is 8.39. The van der Waals surface area contributed by atoms with Crippen LogP contribution in [0.2, 0.25) is 0 Å². The van der Waals surface area contributed by atoms with E-state index >= 15 is 0 Å². The van der Waals surface area contributed by atoms with E-state index in [1.54, 1.807) is 24.5 Å². The zero-order valence-electron chi connectivity index (χ0n) is 16.0. The van der Waals surface area contributed by atoms with Gasteiger partial charge in [0, 0.05) is 23.5 Å². The Morgan fingerprint density at radius 1 is 1.10 bits per heavy atom. The van der Waals surface area contributed by atoms with Crippen LogP contribution in [0.25, 0.3) is 11.3 Å². The molecule has 0 bridgehead atoms. The molecule has 0 radical (unpaired) electrons. The molecule has 2 aromatic heterocycles. The number of rotatable bonds is 6. The highest BCUT2D eigenvalue weighted by Gasteiger charge is 2.11. The number of hydrazone groups is 1. The van der Waals surface area contributed by atoms with Gasteiger partial charge in [-0.3, -0.25) is 9.48 Å². The average Bonchev–Trinajstić information content (AvgIpc) is 3.40. The number of hydrogen-bond donors (Lipinski definition) is 2. The van der Waals surface area contributed by atoms with Gasteiger partial charge in [-0.05, 0) is 24.6 Å². The lowest BCUT2D eigenvalue weighted by Crippen LogP contribution is -2.17. The average molecular weight is 383 g/mol. The van der Waals surface area contributed by atoms with Crippen molar-refractivity contribution in [2.24, 2.45) is 5.10 Å². The van der Waals surface area contributed by atoms with Crippen molar-refractivity contribution in [3.05, 3.63) is 102 Å². The van der Waals surface area contributed by atoms with Gasteiger partial charge >= 0.3 is 0 Å². The van der Waals surface area contributed by atoms with Crippen LogP contribution in [0.5, 0.6) is 0 Å². The normalized spacial score (nSPS) is 11.1. The summed E-state index contributed by atoms with van der Waals surface area (Å²) in [7, 11) is 0. The van der Waals surface area contributed by atoms with E-state index in [1.165, 1.54) is 5.56 Å². The van der Waals surface area contributed by atoms with E-state index in [0.717, 1.165) is 22.4 Å². The van der Waals surface area contributed by atoms with Gasteiger partial charge in [0.15, 0.2) is 0 Å². The molecule has 4 rings (SSSR count). The van der Waals surface area contributed by atoms with Gasteiger partial charge in [0.25, 0.3) is 5.91 Å². The summed E-state index contributed by atoms with van der Waals surface area (Å²) in [6, 6.07) is 21.8. The van der Waals surface area contributed by atoms with Gasteiger partial charge < -0.3 is 4.98 Å². The monoisotopic (exact) mass is 383 g/mol. The third-order valence-corrected chi connectivity index (χ3v) is 4.51. The van der Waals surface area contributed by atoms with Gasteiger partial charge in [0.2, 0.25) is 0 Å². The molecule has 2 heterocycles. The van der Waals surface area contributed by atoms with Gasteiger partial charge in [-0.1, -0.05) is 60.2 Å². The second-order valence-electron chi connectivity index (χ2n) is 6.77. The number of aromatic nitrogens is 3. The quantitative estimate of drug-likeness (QED) is 0.390. The number of nitrogens with zero attached hydrogens (tertiary/aromatic N) is 3. The number of H-pyrrole nitrogens is 1. The summed E-state index contributed by atoms with van der Waals surface area (Å²) in [5.41, 5.74) is 8.00. The highest BCUT2D eigenvalue weighted by Crippen LogP contribution is 2.22. The largest absolute Gasteiger partial charge is 0.357 e. The van der Waals surface area contributed by atoms with Gasteiger partial charge in [0.05, 0.1) is 12.8 Å². The van der Waals surface area contributed by atoms with E-state index in [4.69, 9.17) is 5.10 Å². The zero-order chi connectivity index (χ0) is 20.1. The van der Waals surface area contributed by atoms with Crippen LogP contribution >= 0.6 is 0 Å². The van der Waals surface area contributed by atoms with Crippen molar-refractivity contribution in [2.45, 2.75) is 13.5 Å². The summed E-state index contributed by atoms with van der Waals surface area (Å²) < 4.78 is 1.89. The molecule has 144 valence electrons. The first-order chi connectivity index (χ1) is 14.2. The minimum absolute atomic E-state index is 0.292. The number of aryl methyl sites for hydroxylation is 1. The Bertz CT molecular complexity index is 1110. The van der Waals surface area contributed by atoms with Crippen LogP contribution in [-0.2, 0) is 6.54 Å². The first kappa shape index (κ1) is 18.4. The molecule has 6 heteroatoms. The number of nitrogens with one attached hydrogen (secondary N) is 2. The fourth-order valence-electron chi connectivity index (χ4n) is 3.01. The predicted molar refractivity (Wildman–Crippen MR) is 114 cm³/mol. The molecule has 1 amide bonds. The van der Waals surface area contributed by atoms with Gasteiger partial charge in [-0.2, -0.15) is 10.2 Å². The predicted octanol–water partition coefficient (Wildman–Crippen LogP) is 4.00. The molecule has 0 fully saturated rings. The number of aromatic amines is 1. The molecule has 0 unspecified atom stereocenters. The summed E-state index contributed by atoms with van der Waals surface area (Å²) >= 11 is 0. The maximum atomic E-state index is 12.1. The summed E-state index contributed by atoms with van der Waals surface area (Å²) in [5, 5.41) is 8.88. The van der Waals surface area contributed by atoms with Crippen LogP contribution in [0.15, 0.2) is 84.2 Å². The summed E-state index contributed by atoms with van der Waals surface area (Å²) in [6.45, 7) is 2.71. The summed E-state index contributed by atoms with van der Waals surface area (Å²) in [4.78, 5) is 14.9. The van der Waals surface area contributed by atoms with Crippen LogP contribution in [0.3, 0.4) is 0 Å². The minimum Gasteiger partial charge on any atom is -0.357 e. The van der Waals surface area contributed by atoms with E-state index in [0.29, 0.717) is 12.2 Å². The first-order valence-corrected chi connectivity index (χ1v) is 9.34. The molecule has 0 spiro atoms. The van der Waals surface area contributed by atoms with E-state index in [-0.39, 0.29) is 5.91 Å². The molecular formula is C23H21N5O. The van der Waals surface area contributed by atoms with Crippen molar-refractivity contribution < 1.29 is 4.79 Å². The third-order valence-electron chi connectivity index (χ3n) is 4.51. The smallest absolute Gasteiger partial charge is 0.287 e. The van der Waals surface area contributed by atoms with Crippen LogP contribution < -0.4 is 5.43 Å². The summed E-state index contributed by atoms with van der Waals surface area (Å²) in [5.74, 6) is -0.292.